The fourth-order valence-electron chi connectivity index (χ4n) is 8.85. The number of aromatic nitrogens is 1. The Bertz CT molecular complexity index is 3030. The van der Waals surface area contributed by atoms with Crippen molar-refractivity contribution in [1.29, 1.82) is 0 Å². The maximum atomic E-state index is 2.47. The molecule has 0 saturated heterocycles. The summed E-state index contributed by atoms with van der Waals surface area (Å²) in [7, 11) is 0. The summed E-state index contributed by atoms with van der Waals surface area (Å²) >= 11 is 0. The molecular formula is C53H36N2. The van der Waals surface area contributed by atoms with Gasteiger partial charge in [-0.05, 0) is 123 Å². The van der Waals surface area contributed by atoms with E-state index in [1.807, 2.05) is 0 Å². The highest BCUT2D eigenvalue weighted by molar-refractivity contribution is 6.17. The molecule has 55 heavy (non-hydrogen) atoms. The molecule has 1 aliphatic rings. The number of benzene rings is 9. The van der Waals surface area contributed by atoms with Crippen LogP contribution in [0.1, 0.15) is 11.1 Å². The Kier molecular flexibility index (Phi) is 7.28. The molecule has 0 N–H and O–H groups in total. The summed E-state index contributed by atoms with van der Waals surface area (Å²) in [6, 6.07) is 75.3. The van der Waals surface area contributed by atoms with Crippen LogP contribution in [0.25, 0.3) is 71.6 Å². The predicted octanol–water partition coefficient (Wildman–Crippen LogP) is 14.3. The van der Waals surface area contributed by atoms with Gasteiger partial charge in [-0.15, -0.1) is 0 Å². The molecule has 0 bridgehead atoms. The molecule has 0 fully saturated rings. The Hall–Kier alpha value is -7.16. The summed E-state index contributed by atoms with van der Waals surface area (Å²) in [5, 5.41) is 5.10. The largest absolute Gasteiger partial charge is 0.310 e. The van der Waals surface area contributed by atoms with Crippen molar-refractivity contribution < 1.29 is 0 Å². The smallest absolute Gasteiger partial charge is 0.0547 e. The molecule has 2 nitrogen and oxygen atoms in total. The second-order valence-corrected chi connectivity index (χ2v) is 14.5. The van der Waals surface area contributed by atoms with E-state index in [0.717, 1.165) is 29.2 Å². The average molecular weight is 701 g/mol. The van der Waals surface area contributed by atoms with Gasteiger partial charge in [0.1, 0.15) is 0 Å². The van der Waals surface area contributed by atoms with Crippen LogP contribution in [0.2, 0.25) is 0 Å². The molecule has 0 radical (unpaired) electrons. The normalized spacial score (nSPS) is 11.9. The quantitative estimate of drug-likeness (QED) is 0.168. The number of hydrogen-bond donors (Lipinski definition) is 0. The molecule has 1 heterocycles. The van der Waals surface area contributed by atoms with E-state index in [2.05, 4.69) is 216 Å². The van der Waals surface area contributed by atoms with E-state index in [0.29, 0.717) is 0 Å². The molecular weight excluding hydrogens is 665 g/mol. The zero-order valence-corrected chi connectivity index (χ0v) is 30.2. The molecule has 0 atom stereocenters. The minimum absolute atomic E-state index is 0.985. The SMILES string of the molecule is c1ccc(-c2ccc(N(c3ccccc3)c3ccccc3-c3ccc4c(c3)c3cc5c6c(ccc5cc3n4-c3ccccc3)Cc3ccccc3-6)cc2)cc1. The van der Waals surface area contributed by atoms with Gasteiger partial charge < -0.3 is 9.47 Å². The van der Waals surface area contributed by atoms with Crippen LogP contribution in [0.3, 0.4) is 0 Å². The summed E-state index contributed by atoms with van der Waals surface area (Å²) in [5.74, 6) is 0. The molecule has 10 aromatic rings. The van der Waals surface area contributed by atoms with Crippen molar-refractivity contribution in [2.24, 2.45) is 0 Å². The standard InChI is InChI=1S/C53H36N2/c1-4-14-36(15-5-1)37-26-29-44(30-27-37)54(42-17-6-2-7-18-42)50-23-13-12-21-45(50)39-28-31-51-48(33-39)49-35-47-40(34-52(49)55(51)43-19-8-3-9-20-43)24-25-41-32-38-16-10-11-22-46(38)53(41)47/h1-31,33-35H,32H2. The average Bonchev–Trinajstić information content (AvgIpc) is 3.80. The number of hydrogen-bond acceptors (Lipinski definition) is 1. The van der Waals surface area contributed by atoms with Gasteiger partial charge in [0, 0.05) is 33.4 Å². The first-order chi connectivity index (χ1) is 27.3. The predicted molar refractivity (Wildman–Crippen MR) is 232 cm³/mol. The summed E-state index contributed by atoms with van der Waals surface area (Å²) in [6.07, 6.45) is 0.985. The highest BCUT2D eigenvalue weighted by Gasteiger charge is 2.23. The topological polar surface area (TPSA) is 8.17 Å². The van der Waals surface area contributed by atoms with Crippen LogP contribution in [-0.2, 0) is 6.42 Å². The van der Waals surface area contributed by atoms with Crippen LogP contribution < -0.4 is 4.90 Å². The molecule has 0 saturated carbocycles. The molecule has 2 heteroatoms. The number of fused-ring (bicyclic) bond motifs is 8. The van der Waals surface area contributed by atoms with E-state index in [1.165, 1.54) is 77.1 Å². The van der Waals surface area contributed by atoms with Gasteiger partial charge in [0.05, 0.1) is 16.7 Å². The van der Waals surface area contributed by atoms with Crippen LogP contribution in [0.4, 0.5) is 17.1 Å². The van der Waals surface area contributed by atoms with Crippen molar-refractivity contribution in [2.75, 3.05) is 4.90 Å². The molecule has 11 rings (SSSR count). The zero-order chi connectivity index (χ0) is 36.3. The number of anilines is 3. The van der Waals surface area contributed by atoms with Crippen molar-refractivity contribution in [1.82, 2.24) is 4.57 Å². The third kappa shape index (κ3) is 5.18. The molecule has 258 valence electrons. The summed E-state index contributed by atoms with van der Waals surface area (Å²) in [4.78, 5) is 2.38. The first-order valence-electron chi connectivity index (χ1n) is 19.1. The Labute approximate surface area is 320 Å². The Balaban J connectivity index is 1.13. The van der Waals surface area contributed by atoms with Gasteiger partial charge in [-0.3, -0.25) is 0 Å². The summed E-state index contributed by atoms with van der Waals surface area (Å²) in [6.45, 7) is 0. The Morgan fingerprint density at radius 2 is 1.00 bits per heavy atom. The fourth-order valence-corrected chi connectivity index (χ4v) is 8.85. The van der Waals surface area contributed by atoms with E-state index in [1.54, 1.807) is 0 Å². The molecule has 1 aromatic heterocycles. The highest BCUT2D eigenvalue weighted by Crippen LogP contribution is 2.46. The number of nitrogens with zero attached hydrogens (tertiary/aromatic N) is 2. The first-order valence-corrected chi connectivity index (χ1v) is 19.1. The van der Waals surface area contributed by atoms with E-state index < -0.39 is 0 Å². The van der Waals surface area contributed by atoms with Crippen LogP contribution in [0.15, 0.2) is 206 Å². The van der Waals surface area contributed by atoms with Gasteiger partial charge in [-0.25, -0.2) is 0 Å². The lowest BCUT2D eigenvalue weighted by atomic mass is 9.95. The minimum atomic E-state index is 0.985. The van der Waals surface area contributed by atoms with Crippen molar-refractivity contribution >= 4 is 49.6 Å². The molecule has 0 aliphatic heterocycles. The summed E-state index contributed by atoms with van der Waals surface area (Å²) in [5.41, 5.74) is 17.3. The van der Waals surface area contributed by atoms with Crippen LogP contribution in [0, 0.1) is 0 Å². The highest BCUT2D eigenvalue weighted by atomic mass is 15.1. The van der Waals surface area contributed by atoms with E-state index in [-0.39, 0.29) is 0 Å². The molecule has 9 aromatic carbocycles. The molecule has 0 unspecified atom stereocenters. The van der Waals surface area contributed by atoms with Gasteiger partial charge in [0.25, 0.3) is 0 Å². The van der Waals surface area contributed by atoms with E-state index >= 15 is 0 Å². The van der Waals surface area contributed by atoms with Gasteiger partial charge in [0.2, 0.25) is 0 Å². The number of rotatable bonds is 6. The molecule has 1 aliphatic carbocycles. The fraction of sp³-hybridized carbons (Fsp3) is 0.0189. The third-order valence-electron chi connectivity index (χ3n) is 11.4. The van der Waals surface area contributed by atoms with Crippen molar-refractivity contribution in [3.05, 3.63) is 217 Å². The maximum absolute atomic E-state index is 2.47. The van der Waals surface area contributed by atoms with E-state index in [4.69, 9.17) is 0 Å². The molecule has 0 amide bonds. The monoisotopic (exact) mass is 700 g/mol. The van der Waals surface area contributed by atoms with Crippen molar-refractivity contribution in [3.8, 4) is 39.1 Å². The Morgan fingerprint density at radius 1 is 0.382 bits per heavy atom. The lowest BCUT2D eigenvalue weighted by Gasteiger charge is -2.28. The minimum Gasteiger partial charge on any atom is -0.310 e. The van der Waals surface area contributed by atoms with Crippen LogP contribution >= 0.6 is 0 Å². The van der Waals surface area contributed by atoms with E-state index in [9.17, 15) is 0 Å². The lowest BCUT2D eigenvalue weighted by Crippen LogP contribution is -2.11. The zero-order valence-electron chi connectivity index (χ0n) is 30.2. The second-order valence-electron chi connectivity index (χ2n) is 14.5. The summed E-state index contributed by atoms with van der Waals surface area (Å²) < 4.78 is 2.44. The van der Waals surface area contributed by atoms with Crippen molar-refractivity contribution in [3.63, 3.8) is 0 Å². The maximum Gasteiger partial charge on any atom is 0.0547 e. The Morgan fingerprint density at radius 3 is 1.80 bits per heavy atom. The number of para-hydroxylation sites is 3. The second kappa shape index (κ2) is 12.8. The van der Waals surface area contributed by atoms with Crippen LogP contribution in [-0.4, -0.2) is 4.57 Å². The van der Waals surface area contributed by atoms with Gasteiger partial charge >= 0.3 is 0 Å². The van der Waals surface area contributed by atoms with Crippen LogP contribution in [0.5, 0.6) is 0 Å². The first kappa shape index (κ1) is 31.4. The molecule has 0 spiro atoms. The lowest BCUT2D eigenvalue weighted by molar-refractivity contribution is 1.18. The van der Waals surface area contributed by atoms with Crippen molar-refractivity contribution in [2.45, 2.75) is 6.42 Å². The van der Waals surface area contributed by atoms with Gasteiger partial charge in [-0.1, -0.05) is 140 Å². The third-order valence-corrected chi connectivity index (χ3v) is 11.4. The van der Waals surface area contributed by atoms with Gasteiger partial charge in [-0.2, -0.15) is 0 Å². The van der Waals surface area contributed by atoms with Gasteiger partial charge in [0.15, 0.2) is 0 Å².